The molecule has 0 aliphatic rings. The summed E-state index contributed by atoms with van der Waals surface area (Å²) in [5.41, 5.74) is 0.235. The lowest BCUT2D eigenvalue weighted by atomic mass is 10.2. The van der Waals surface area contributed by atoms with Crippen LogP contribution < -0.4 is 10.9 Å². The summed E-state index contributed by atoms with van der Waals surface area (Å²) in [5, 5.41) is 3.60. The van der Waals surface area contributed by atoms with Gasteiger partial charge in [0.25, 0.3) is 5.56 Å². The summed E-state index contributed by atoms with van der Waals surface area (Å²) in [6.45, 7) is 1.68. The van der Waals surface area contributed by atoms with E-state index in [0.29, 0.717) is 21.7 Å². The third-order valence-corrected chi connectivity index (χ3v) is 3.68. The first-order valence-electron chi connectivity index (χ1n) is 7.02. The first kappa shape index (κ1) is 15.3. The van der Waals surface area contributed by atoms with Gasteiger partial charge in [0.15, 0.2) is 0 Å². The minimum absolute atomic E-state index is 0.126. The largest absolute Gasteiger partial charge is 0.467 e. The van der Waals surface area contributed by atoms with Gasteiger partial charge in [-0.3, -0.25) is 14.2 Å². The van der Waals surface area contributed by atoms with Crippen molar-refractivity contribution in [3.63, 3.8) is 0 Å². The number of carbonyl (C=O) groups excluding carboxylic acids is 1. The SMILES string of the molecule is C[C@H](NC(=O)Cn1cnc2ccc(Cl)cc2c1=O)c1ccco1. The zero-order valence-electron chi connectivity index (χ0n) is 12.3. The van der Waals surface area contributed by atoms with Crippen molar-refractivity contribution in [2.45, 2.75) is 19.5 Å². The molecule has 6 nitrogen and oxygen atoms in total. The predicted molar refractivity (Wildman–Crippen MR) is 86.3 cm³/mol. The van der Waals surface area contributed by atoms with Crippen molar-refractivity contribution in [2.24, 2.45) is 0 Å². The highest BCUT2D eigenvalue weighted by Gasteiger charge is 2.13. The molecule has 0 radical (unpaired) electrons. The highest BCUT2D eigenvalue weighted by molar-refractivity contribution is 6.31. The fourth-order valence-electron chi connectivity index (χ4n) is 2.29. The van der Waals surface area contributed by atoms with E-state index in [-0.39, 0.29) is 24.1 Å². The van der Waals surface area contributed by atoms with E-state index in [4.69, 9.17) is 16.0 Å². The molecule has 0 unspecified atom stereocenters. The molecule has 0 saturated heterocycles. The van der Waals surface area contributed by atoms with Gasteiger partial charge >= 0.3 is 0 Å². The molecule has 3 rings (SSSR count). The maximum absolute atomic E-state index is 12.4. The molecule has 23 heavy (non-hydrogen) atoms. The number of halogens is 1. The summed E-state index contributed by atoms with van der Waals surface area (Å²) in [6.07, 6.45) is 2.90. The highest BCUT2D eigenvalue weighted by atomic mass is 35.5. The summed E-state index contributed by atoms with van der Waals surface area (Å²) < 4.78 is 6.48. The molecule has 2 heterocycles. The minimum atomic E-state index is -0.307. The van der Waals surface area contributed by atoms with E-state index in [1.54, 1.807) is 43.5 Å². The molecule has 1 amide bonds. The molecule has 7 heteroatoms. The minimum Gasteiger partial charge on any atom is -0.467 e. The highest BCUT2D eigenvalue weighted by Crippen LogP contribution is 2.14. The Morgan fingerprint density at radius 1 is 1.43 bits per heavy atom. The third kappa shape index (κ3) is 3.27. The normalized spacial score (nSPS) is 12.3. The second kappa shape index (κ2) is 6.26. The quantitative estimate of drug-likeness (QED) is 0.797. The van der Waals surface area contributed by atoms with Crippen LogP contribution in [0.1, 0.15) is 18.7 Å². The molecular formula is C16H14ClN3O3. The van der Waals surface area contributed by atoms with Crippen LogP contribution in [-0.4, -0.2) is 15.5 Å². The molecule has 0 aliphatic heterocycles. The van der Waals surface area contributed by atoms with E-state index in [9.17, 15) is 9.59 Å². The van der Waals surface area contributed by atoms with E-state index < -0.39 is 0 Å². The van der Waals surface area contributed by atoms with Gasteiger partial charge in [-0.1, -0.05) is 11.6 Å². The zero-order chi connectivity index (χ0) is 16.4. The Labute approximate surface area is 136 Å². The Morgan fingerprint density at radius 3 is 3.00 bits per heavy atom. The standard InChI is InChI=1S/C16H14ClN3O3/c1-10(14-3-2-6-23-14)19-15(21)8-20-9-18-13-5-4-11(17)7-12(13)16(20)22/h2-7,9-10H,8H2,1H3,(H,19,21)/t10-/m0/s1. The molecule has 2 aromatic heterocycles. The number of nitrogens with one attached hydrogen (secondary N) is 1. The molecule has 1 aromatic carbocycles. The number of amides is 1. The lowest BCUT2D eigenvalue weighted by Gasteiger charge is -2.12. The average Bonchev–Trinajstić information content (AvgIpc) is 3.05. The Hall–Kier alpha value is -2.60. The van der Waals surface area contributed by atoms with Crippen LogP contribution in [0.5, 0.6) is 0 Å². The number of carbonyl (C=O) groups is 1. The van der Waals surface area contributed by atoms with Crippen molar-refractivity contribution in [3.8, 4) is 0 Å². The van der Waals surface area contributed by atoms with Crippen molar-refractivity contribution >= 4 is 28.4 Å². The number of benzene rings is 1. The van der Waals surface area contributed by atoms with Crippen LogP contribution in [0.4, 0.5) is 0 Å². The van der Waals surface area contributed by atoms with Crippen LogP contribution in [0.15, 0.2) is 52.1 Å². The second-order valence-corrected chi connectivity index (χ2v) is 5.58. The maximum Gasteiger partial charge on any atom is 0.261 e. The summed E-state index contributed by atoms with van der Waals surface area (Å²) in [5.74, 6) is 0.341. The van der Waals surface area contributed by atoms with E-state index >= 15 is 0 Å². The molecule has 0 aliphatic carbocycles. The number of hydrogen-bond acceptors (Lipinski definition) is 4. The lowest BCUT2D eigenvalue weighted by Crippen LogP contribution is -2.33. The van der Waals surface area contributed by atoms with Gasteiger partial charge in [-0.15, -0.1) is 0 Å². The van der Waals surface area contributed by atoms with Crippen LogP contribution >= 0.6 is 11.6 Å². The van der Waals surface area contributed by atoms with Crippen molar-refractivity contribution < 1.29 is 9.21 Å². The Kier molecular flexibility index (Phi) is 4.16. The predicted octanol–water partition coefficient (Wildman–Crippen LogP) is 2.52. The van der Waals surface area contributed by atoms with Crippen molar-refractivity contribution in [2.75, 3.05) is 0 Å². The topological polar surface area (TPSA) is 77.1 Å². The molecule has 1 atom stereocenters. The van der Waals surface area contributed by atoms with Crippen LogP contribution in [0.3, 0.4) is 0 Å². The Balaban J connectivity index is 1.80. The summed E-state index contributed by atoms with van der Waals surface area (Å²) in [4.78, 5) is 28.7. The van der Waals surface area contributed by atoms with Crippen molar-refractivity contribution in [3.05, 3.63) is 64.1 Å². The van der Waals surface area contributed by atoms with Gasteiger partial charge in [0.05, 0.1) is 29.5 Å². The van der Waals surface area contributed by atoms with Gasteiger partial charge in [0.2, 0.25) is 5.91 Å². The summed E-state index contributed by atoms with van der Waals surface area (Å²) in [6, 6.07) is 8.12. The van der Waals surface area contributed by atoms with Gasteiger partial charge in [-0.05, 0) is 37.3 Å². The van der Waals surface area contributed by atoms with Gasteiger partial charge < -0.3 is 9.73 Å². The monoisotopic (exact) mass is 331 g/mol. The maximum atomic E-state index is 12.4. The van der Waals surface area contributed by atoms with E-state index in [0.717, 1.165) is 0 Å². The molecule has 118 valence electrons. The van der Waals surface area contributed by atoms with Gasteiger partial charge in [0, 0.05) is 5.02 Å². The average molecular weight is 332 g/mol. The van der Waals surface area contributed by atoms with Crippen molar-refractivity contribution in [1.82, 2.24) is 14.9 Å². The summed E-state index contributed by atoms with van der Waals surface area (Å²) in [7, 11) is 0. The first-order chi connectivity index (χ1) is 11.0. The van der Waals surface area contributed by atoms with E-state index in [1.165, 1.54) is 10.9 Å². The Bertz CT molecular complexity index is 903. The van der Waals surface area contributed by atoms with E-state index in [1.807, 2.05) is 0 Å². The number of rotatable bonds is 4. The molecule has 0 bridgehead atoms. The first-order valence-corrected chi connectivity index (χ1v) is 7.40. The summed E-state index contributed by atoms with van der Waals surface area (Å²) >= 11 is 5.91. The van der Waals surface area contributed by atoms with Crippen LogP contribution in [0.25, 0.3) is 10.9 Å². The van der Waals surface area contributed by atoms with Gasteiger partial charge in [0.1, 0.15) is 12.3 Å². The fraction of sp³-hybridized carbons (Fsp3) is 0.188. The Morgan fingerprint density at radius 2 is 2.26 bits per heavy atom. The molecule has 3 aromatic rings. The zero-order valence-corrected chi connectivity index (χ0v) is 13.1. The van der Waals surface area contributed by atoms with Crippen LogP contribution in [0, 0.1) is 0 Å². The van der Waals surface area contributed by atoms with Crippen molar-refractivity contribution in [1.29, 1.82) is 0 Å². The molecule has 0 saturated carbocycles. The molecule has 0 fully saturated rings. The number of furan rings is 1. The number of fused-ring (bicyclic) bond motifs is 1. The smallest absolute Gasteiger partial charge is 0.261 e. The lowest BCUT2D eigenvalue weighted by molar-refractivity contribution is -0.122. The fourth-order valence-corrected chi connectivity index (χ4v) is 2.47. The number of nitrogens with zero attached hydrogens (tertiary/aromatic N) is 2. The molecule has 1 N–H and O–H groups in total. The number of hydrogen-bond donors (Lipinski definition) is 1. The van der Waals surface area contributed by atoms with E-state index in [2.05, 4.69) is 10.3 Å². The van der Waals surface area contributed by atoms with Gasteiger partial charge in [-0.2, -0.15) is 0 Å². The van der Waals surface area contributed by atoms with Crippen LogP contribution in [0.2, 0.25) is 5.02 Å². The second-order valence-electron chi connectivity index (χ2n) is 5.14. The molecule has 0 spiro atoms. The number of aromatic nitrogens is 2. The van der Waals surface area contributed by atoms with Crippen LogP contribution in [-0.2, 0) is 11.3 Å². The molecular weight excluding hydrogens is 318 g/mol. The third-order valence-electron chi connectivity index (χ3n) is 3.45. The van der Waals surface area contributed by atoms with Gasteiger partial charge in [-0.25, -0.2) is 4.98 Å².